The van der Waals surface area contributed by atoms with E-state index in [1.165, 1.54) is 16.8 Å². The van der Waals surface area contributed by atoms with Crippen LogP contribution in [0.5, 0.6) is 0 Å². The lowest BCUT2D eigenvalue weighted by molar-refractivity contribution is -0.129. The van der Waals surface area contributed by atoms with E-state index in [9.17, 15) is 4.79 Å². The van der Waals surface area contributed by atoms with Crippen LogP contribution in [-0.2, 0) is 16.0 Å². The highest BCUT2D eigenvalue weighted by atomic mass is 16.5. The summed E-state index contributed by atoms with van der Waals surface area (Å²) in [4.78, 5) is 15.6. The Balaban J connectivity index is 2.09. The second-order valence-corrected chi connectivity index (χ2v) is 5.52. The van der Waals surface area contributed by atoms with Gasteiger partial charge >= 0.3 is 0 Å². The standard InChI is InChI=1S/C17H24N2O2/c1-13-5-6-17(12-16(13)11-14(2)21-4)19-9-7-18(8-10-19)15(3)20/h5-6,12H,2,7-11H2,1,3-4H3. The van der Waals surface area contributed by atoms with Gasteiger partial charge < -0.3 is 14.5 Å². The summed E-state index contributed by atoms with van der Waals surface area (Å²) in [5, 5.41) is 0. The van der Waals surface area contributed by atoms with Crippen molar-refractivity contribution < 1.29 is 9.53 Å². The van der Waals surface area contributed by atoms with Crippen LogP contribution in [0.4, 0.5) is 5.69 Å². The molecule has 1 aliphatic rings. The number of benzene rings is 1. The lowest BCUT2D eigenvalue weighted by Gasteiger charge is -2.36. The Bertz CT molecular complexity index is 532. The Morgan fingerprint density at radius 1 is 1.29 bits per heavy atom. The lowest BCUT2D eigenvalue weighted by atomic mass is 10.0. The molecule has 4 heteroatoms. The van der Waals surface area contributed by atoms with E-state index < -0.39 is 0 Å². The van der Waals surface area contributed by atoms with Gasteiger partial charge in [-0.15, -0.1) is 0 Å². The molecule has 0 unspecified atom stereocenters. The molecule has 0 aliphatic carbocycles. The molecule has 1 fully saturated rings. The first kappa shape index (κ1) is 15.4. The molecule has 0 spiro atoms. The van der Waals surface area contributed by atoms with Gasteiger partial charge in [0.2, 0.25) is 5.91 Å². The maximum absolute atomic E-state index is 11.4. The number of rotatable bonds is 4. The van der Waals surface area contributed by atoms with E-state index in [1.807, 2.05) is 4.90 Å². The van der Waals surface area contributed by atoms with Gasteiger partial charge in [-0.25, -0.2) is 0 Å². The van der Waals surface area contributed by atoms with Gasteiger partial charge in [0, 0.05) is 45.2 Å². The van der Waals surface area contributed by atoms with Crippen LogP contribution in [0.25, 0.3) is 0 Å². The van der Waals surface area contributed by atoms with Gasteiger partial charge in [-0.2, -0.15) is 0 Å². The fraction of sp³-hybridized carbons (Fsp3) is 0.471. The van der Waals surface area contributed by atoms with Crippen LogP contribution in [0, 0.1) is 6.92 Å². The third kappa shape index (κ3) is 3.78. The number of anilines is 1. The van der Waals surface area contributed by atoms with Crippen LogP contribution < -0.4 is 4.90 Å². The van der Waals surface area contributed by atoms with Crippen LogP contribution in [-0.4, -0.2) is 44.1 Å². The highest BCUT2D eigenvalue weighted by Gasteiger charge is 2.19. The number of carbonyl (C=O) groups is 1. The largest absolute Gasteiger partial charge is 0.501 e. The normalized spacial score (nSPS) is 15.0. The first-order valence-electron chi connectivity index (χ1n) is 7.33. The number of methoxy groups -OCH3 is 1. The quantitative estimate of drug-likeness (QED) is 0.797. The Morgan fingerprint density at radius 2 is 1.95 bits per heavy atom. The van der Waals surface area contributed by atoms with Crippen molar-refractivity contribution >= 4 is 11.6 Å². The second kappa shape index (κ2) is 6.66. The summed E-state index contributed by atoms with van der Waals surface area (Å²) in [6.45, 7) is 11.0. The average molecular weight is 288 g/mol. The highest BCUT2D eigenvalue weighted by molar-refractivity contribution is 5.73. The molecule has 0 saturated carbocycles. The van der Waals surface area contributed by atoms with E-state index >= 15 is 0 Å². The van der Waals surface area contributed by atoms with E-state index in [0.717, 1.165) is 38.4 Å². The number of aryl methyl sites for hydroxylation is 1. The molecular weight excluding hydrogens is 264 g/mol. The maximum atomic E-state index is 11.4. The summed E-state index contributed by atoms with van der Waals surface area (Å²) in [5.41, 5.74) is 3.70. The Hall–Kier alpha value is -1.97. The van der Waals surface area contributed by atoms with Gasteiger partial charge in [-0.1, -0.05) is 12.6 Å². The molecule has 1 amide bonds. The van der Waals surface area contributed by atoms with Crippen LogP contribution in [0.2, 0.25) is 0 Å². The van der Waals surface area contributed by atoms with E-state index in [1.54, 1.807) is 14.0 Å². The van der Waals surface area contributed by atoms with Crippen LogP contribution in [0.15, 0.2) is 30.5 Å². The number of amides is 1. The van der Waals surface area contributed by atoms with Crippen molar-refractivity contribution in [2.45, 2.75) is 20.3 Å². The van der Waals surface area contributed by atoms with E-state index in [4.69, 9.17) is 4.74 Å². The summed E-state index contributed by atoms with van der Waals surface area (Å²) in [5.74, 6) is 0.937. The number of allylic oxidation sites excluding steroid dienone is 1. The van der Waals surface area contributed by atoms with E-state index in [-0.39, 0.29) is 5.91 Å². The molecule has 4 nitrogen and oxygen atoms in total. The monoisotopic (exact) mass is 288 g/mol. The van der Waals surface area contributed by atoms with Crippen molar-refractivity contribution in [1.82, 2.24) is 4.90 Å². The average Bonchev–Trinajstić information content (AvgIpc) is 2.49. The minimum atomic E-state index is 0.163. The summed E-state index contributed by atoms with van der Waals surface area (Å²) < 4.78 is 5.18. The third-order valence-electron chi connectivity index (χ3n) is 4.10. The van der Waals surface area contributed by atoms with Gasteiger partial charge in [0.05, 0.1) is 12.9 Å². The first-order valence-corrected chi connectivity index (χ1v) is 7.33. The summed E-state index contributed by atoms with van der Waals surface area (Å²) in [6.07, 6.45) is 0.740. The predicted molar refractivity (Wildman–Crippen MR) is 85.5 cm³/mol. The van der Waals surface area contributed by atoms with Crippen LogP contribution >= 0.6 is 0 Å². The molecule has 1 aromatic carbocycles. The first-order chi connectivity index (χ1) is 10.0. The Labute approximate surface area is 127 Å². The molecule has 0 N–H and O–H groups in total. The number of nitrogens with zero attached hydrogens (tertiary/aromatic N) is 2. The molecule has 0 aromatic heterocycles. The fourth-order valence-electron chi connectivity index (χ4n) is 2.61. The van der Waals surface area contributed by atoms with Crippen molar-refractivity contribution in [3.63, 3.8) is 0 Å². The van der Waals surface area contributed by atoms with Crippen molar-refractivity contribution in [3.8, 4) is 0 Å². The molecule has 0 radical (unpaired) electrons. The van der Waals surface area contributed by atoms with Gasteiger partial charge in [0.15, 0.2) is 0 Å². The lowest BCUT2D eigenvalue weighted by Crippen LogP contribution is -2.48. The highest BCUT2D eigenvalue weighted by Crippen LogP contribution is 2.22. The summed E-state index contributed by atoms with van der Waals surface area (Å²) >= 11 is 0. The molecule has 1 saturated heterocycles. The van der Waals surface area contributed by atoms with Crippen molar-refractivity contribution in [2.24, 2.45) is 0 Å². The van der Waals surface area contributed by atoms with Crippen LogP contribution in [0.3, 0.4) is 0 Å². The molecule has 2 rings (SSSR count). The summed E-state index contributed by atoms with van der Waals surface area (Å²) in [6, 6.07) is 6.51. The number of hydrogen-bond acceptors (Lipinski definition) is 3. The number of carbonyl (C=O) groups excluding carboxylic acids is 1. The molecule has 1 aromatic rings. The predicted octanol–water partition coefficient (Wildman–Crippen LogP) is 2.37. The van der Waals surface area contributed by atoms with Gasteiger partial charge in [0.1, 0.15) is 0 Å². The zero-order valence-electron chi connectivity index (χ0n) is 13.2. The molecule has 0 atom stereocenters. The molecule has 0 bridgehead atoms. The summed E-state index contributed by atoms with van der Waals surface area (Å²) in [7, 11) is 1.66. The molecule has 1 aliphatic heterocycles. The fourth-order valence-corrected chi connectivity index (χ4v) is 2.61. The smallest absolute Gasteiger partial charge is 0.219 e. The molecule has 21 heavy (non-hydrogen) atoms. The number of hydrogen-bond donors (Lipinski definition) is 0. The van der Waals surface area contributed by atoms with Crippen molar-refractivity contribution in [2.75, 3.05) is 38.2 Å². The topological polar surface area (TPSA) is 32.8 Å². The zero-order valence-corrected chi connectivity index (χ0v) is 13.2. The molecule has 114 valence electrons. The minimum Gasteiger partial charge on any atom is -0.501 e. The minimum absolute atomic E-state index is 0.163. The zero-order chi connectivity index (χ0) is 15.4. The Morgan fingerprint density at radius 3 is 2.52 bits per heavy atom. The van der Waals surface area contributed by atoms with Crippen LogP contribution in [0.1, 0.15) is 18.1 Å². The van der Waals surface area contributed by atoms with E-state index in [2.05, 4.69) is 36.6 Å². The number of ether oxygens (including phenoxy) is 1. The Kier molecular flexibility index (Phi) is 4.89. The maximum Gasteiger partial charge on any atom is 0.219 e. The SMILES string of the molecule is C=C(Cc1cc(N2CCN(C(C)=O)CC2)ccc1C)OC. The van der Waals surface area contributed by atoms with Gasteiger partial charge in [-0.05, 0) is 30.2 Å². The van der Waals surface area contributed by atoms with Gasteiger partial charge in [0.25, 0.3) is 0 Å². The molecule has 1 heterocycles. The molecular formula is C17H24N2O2. The second-order valence-electron chi connectivity index (χ2n) is 5.52. The number of piperazine rings is 1. The van der Waals surface area contributed by atoms with Crippen molar-refractivity contribution in [3.05, 3.63) is 41.7 Å². The van der Waals surface area contributed by atoms with E-state index in [0.29, 0.717) is 0 Å². The third-order valence-corrected chi connectivity index (χ3v) is 4.10. The van der Waals surface area contributed by atoms with Gasteiger partial charge in [-0.3, -0.25) is 4.79 Å². The van der Waals surface area contributed by atoms with Crippen molar-refractivity contribution in [1.29, 1.82) is 0 Å².